The van der Waals surface area contributed by atoms with Gasteiger partial charge >= 0.3 is 0 Å². The number of benzene rings is 2. The first-order chi connectivity index (χ1) is 12.0. The van der Waals surface area contributed by atoms with Crippen molar-refractivity contribution in [3.63, 3.8) is 0 Å². The fourth-order valence-corrected chi connectivity index (χ4v) is 2.39. The molecule has 0 aliphatic heterocycles. The second-order valence-corrected chi connectivity index (χ2v) is 5.91. The van der Waals surface area contributed by atoms with Gasteiger partial charge in [0.2, 0.25) is 5.91 Å². The van der Waals surface area contributed by atoms with Crippen LogP contribution in [0.3, 0.4) is 0 Å². The number of Topliss-reactive ketones (excluding diaryl/α,β-unsaturated/α-hetero) is 1. The molecule has 0 N–H and O–H groups in total. The molecule has 0 aliphatic carbocycles. The summed E-state index contributed by atoms with van der Waals surface area (Å²) in [5, 5.41) is 0. The van der Waals surface area contributed by atoms with Gasteiger partial charge in [-0.05, 0) is 55.3 Å². The number of carbonyl (C=O) groups is 2. The molecule has 132 valence electrons. The Bertz CT molecular complexity index is 728. The summed E-state index contributed by atoms with van der Waals surface area (Å²) in [5.74, 6) is 0.367. The molecule has 0 saturated heterocycles. The first kappa shape index (κ1) is 18.6. The van der Waals surface area contributed by atoms with E-state index in [1.54, 1.807) is 48.3 Å². The van der Waals surface area contributed by atoms with Crippen LogP contribution in [-0.4, -0.2) is 30.2 Å². The van der Waals surface area contributed by atoms with E-state index in [-0.39, 0.29) is 17.5 Å². The SMILES string of the molecule is CC(=O)c1ccc(OCCCC(=O)N(C)Cc2cccc(F)c2)cc1. The highest BCUT2D eigenvalue weighted by molar-refractivity contribution is 5.94. The monoisotopic (exact) mass is 343 g/mol. The van der Waals surface area contributed by atoms with Crippen LogP contribution in [0.15, 0.2) is 48.5 Å². The average molecular weight is 343 g/mol. The molecule has 4 nitrogen and oxygen atoms in total. The number of hydrogen-bond donors (Lipinski definition) is 0. The number of ether oxygens (including phenoxy) is 1. The summed E-state index contributed by atoms with van der Waals surface area (Å²) in [4.78, 5) is 24.9. The van der Waals surface area contributed by atoms with Crippen molar-refractivity contribution in [1.82, 2.24) is 4.90 Å². The Kier molecular flexibility index (Phi) is 6.69. The quantitative estimate of drug-likeness (QED) is 0.540. The second kappa shape index (κ2) is 8.97. The van der Waals surface area contributed by atoms with E-state index in [4.69, 9.17) is 4.74 Å². The van der Waals surface area contributed by atoms with Crippen molar-refractivity contribution < 1.29 is 18.7 Å². The molecule has 0 heterocycles. The molecule has 25 heavy (non-hydrogen) atoms. The predicted molar refractivity (Wildman–Crippen MR) is 94.0 cm³/mol. The molecular formula is C20H22FNO3. The molecular weight excluding hydrogens is 321 g/mol. The van der Waals surface area contributed by atoms with Gasteiger partial charge in [0, 0.05) is 25.6 Å². The van der Waals surface area contributed by atoms with E-state index < -0.39 is 0 Å². The molecule has 1 amide bonds. The summed E-state index contributed by atoms with van der Waals surface area (Å²) < 4.78 is 18.7. The Balaban J connectivity index is 1.71. The van der Waals surface area contributed by atoms with Crippen molar-refractivity contribution in [2.24, 2.45) is 0 Å². The van der Waals surface area contributed by atoms with Crippen molar-refractivity contribution >= 4 is 11.7 Å². The molecule has 0 spiro atoms. The Labute approximate surface area is 147 Å². The van der Waals surface area contributed by atoms with Crippen molar-refractivity contribution in [2.45, 2.75) is 26.3 Å². The zero-order chi connectivity index (χ0) is 18.2. The van der Waals surface area contributed by atoms with Gasteiger partial charge in [-0.1, -0.05) is 12.1 Å². The van der Waals surface area contributed by atoms with Crippen LogP contribution in [0, 0.1) is 5.82 Å². The minimum atomic E-state index is -0.303. The van der Waals surface area contributed by atoms with Gasteiger partial charge in [0.25, 0.3) is 0 Å². The highest BCUT2D eigenvalue weighted by Gasteiger charge is 2.09. The lowest BCUT2D eigenvalue weighted by atomic mass is 10.1. The topological polar surface area (TPSA) is 46.6 Å². The van der Waals surface area contributed by atoms with Crippen LogP contribution in [0.5, 0.6) is 5.75 Å². The molecule has 2 aromatic carbocycles. The zero-order valence-corrected chi connectivity index (χ0v) is 14.5. The van der Waals surface area contributed by atoms with E-state index in [1.807, 2.05) is 0 Å². The summed E-state index contributed by atoms with van der Waals surface area (Å²) in [5.41, 5.74) is 1.40. The maximum absolute atomic E-state index is 13.2. The number of amides is 1. The van der Waals surface area contributed by atoms with Crippen LogP contribution in [0.1, 0.15) is 35.7 Å². The third-order valence-corrected chi connectivity index (χ3v) is 3.80. The largest absolute Gasteiger partial charge is 0.494 e. The number of hydrogen-bond acceptors (Lipinski definition) is 3. The van der Waals surface area contributed by atoms with Crippen molar-refractivity contribution in [1.29, 1.82) is 0 Å². The Morgan fingerprint density at radius 1 is 1.12 bits per heavy atom. The minimum Gasteiger partial charge on any atom is -0.494 e. The molecule has 2 rings (SSSR count). The number of halogens is 1. The van der Waals surface area contributed by atoms with E-state index in [1.165, 1.54) is 19.1 Å². The minimum absolute atomic E-state index is 0.0125. The van der Waals surface area contributed by atoms with Crippen molar-refractivity contribution in [2.75, 3.05) is 13.7 Å². The van der Waals surface area contributed by atoms with Crippen molar-refractivity contribution in [3.8, 4) is 5.75 Å². The van der Waals surface area contributed by atoms with Gasteiger partial charge in [-0.15, -0.1) is 0 Å². The molecule has 2 aromatic rings. The van der Waals surface area contributed by atoms with Gasteiger partial charge in [-0.3, -0.25) is 9.59 Å². The lowest BCUT2D eigenvalue weighted by Crippen LogP contribution is -2.26. The molecule has 0 unspecified atom stereocenters. The van der Waals surface area contributed by atoms with Crippen LogP contribution >= 0.6 is 0 Å². The number of ketones is 1. The van der Waals surface area contributed by atoms with E-state index in [0.29, 0.717) is 37.3 Å². The smallest absolute Gasteiger partial charge is 0.222 e. The van der Waals surface area contributed by atoms with Crippen molar-refractivity contribution in [3.05, 3.63) is 65.5 Å². The van der Waals surface area contributed by atoms with Gasteiger partial charge in [-0.25, -0.2) is 4.39 Å². The van der Waals surface area contributed by atoms with Gasteiger partial charge in [0.1, 0.15) is 11.6 Å². The predicted octanol–water partition coefficient (Wildman–Crippen LogP) is 3.85. The van der Waals surface area contributed by atoms with E-state index in [2.05, 4.69) is 0 Å². The van der Waals surface area contributed by atoms with Gasteiger partial charge < -0.3 is 9.64 Å². The van der Waals surface area contributed by atoms with Gasteiger partial charge in [0.05, 0.1) is 6.61 Å². The summed E-state index contributed by atoms with van der Waals surface area (Å²) in [6, 6.07) is 13.2. The average Bonchev–Trinajstić information content (AvgIpc) is 2.59. The highest BCUT2D eigenvalue weighted by Crippen LogP contribution is 2.13. The number of carbonyl (C=O) groups excluding carboxylic acids is 2. The maximum atomic E-state index is 13.2. The third kappa shape index (κ3) is 6.03. The normalized spacial score (nSPS) is 10.4. The maximum Gasteiger partial charge on any atom is 0.222 e. The summed E-state index contributed by atoms with van der Waals surface area (Å²) in [6.07, 6.45) is 0.943. The third-order valence-electron chi connectivity index (χ3n) is 3.80. The molecule has 0 bridgehead atoms. The molecule has 0 fully saturated rings. The summed E-state index contributed by atoms with van der Waals surface area (Å²) in [7, 11) is 1.70. The molecule has 0 radical (unpaired) electrons. The first-order valence-electron chi connectivity index (χ1n) is 8.18. The number of rotatable bonds is 8. The zero-order valence-electron chi connectivity index (χ0n) is 14.5. The Morgan fingerprint density at radius 2 is 1.84 bits per heavy atom. The van der Waals surface area contributed by atoms with Crippen LogP contribution in [0.4, 0.5) is 4.39 Å². The molecule has 5 heteroatoms. The molecule has 0 atom stereocenters. The van der Waals surface area contributed by atoms with Crippen LogP contribution in [0.2, 0.25) is 0 Å². The van der Waals surface area contributed by atoms with Gasteiger partial charge in [-0.2, -0.15) is 0 Å². The Morgan fingerprint density at radius 3 is 2.48 bits per heavy atom. The molecule has 0 saturated carbocycles. The van der Waals surface area contributed by atoms with E-state index in [0.717, 1.165) is 5.56 Å². The first-order valence-corrected chi connectivity index (χ1v) is 8.18. The van der Waals surface area contributed by atoms with E-state index in [9.17, 15) is 14.0 Å². The van der Waals surface area contributed by atoms with Gasteiger partial charge in [0.15, 0.2) is 5.78 Å². The molecule has 0 aliphatic rings. The molecule has 0 aromatic heterocycles. The fourth-order valence-electron chi connectivity index (χ4n) is 2.39. The van der Waals surface area contributed by atoms with Crippen LogP contribution in [-0.2, 0) is 11.3 Å². The highest BCUT2D eigenvalue weighted by atomic mass is 19.1. The summed E-state index contributed by atoms with van der Waals surface area (Å²) in [6.45, 7) is 2.31. The Hall–Kier alpha value is -2.69. The fraction of sp³-hybridized carbons (Fsp3) is 0.300. The van der Waals surface area contributed by atoms with Crippen LogP contribution < -0.4 is 4.74 Å². The second-order valence-electron chi connectivity index (χ2n) is 5.91. The lowest BCUT2D eigenvalue weighted by Gasteiger charge is -2.17. The standard InChI is InChI=1S/C20H22FNO3/c1-15(23)17-8-10-19(11-9-17)25-12-4-7-20(24)22(2)14-16-5-3-6-18(21)13-16/h3,5-6,8-11,13H,4,7,12,14H2,1-2H3. The summed E-state index contributed by atoms with van der Waals surface area (Å²) >= 11 is 0. The number of nitrogens with zero attached hydrogens (tertiary/aromatic N) is 1. The van der Waals surface area contributed by atoms with E-state index >= 15 is 0 Å². The van der Waals surface area contributed by atoms with Crippen LogP contribution in [0.25, 0.3) is 0 Å². The lowest BCUT2D eigenvalue weighted by molar-refractivity contribution is -0.130.